The van der Waals surface area contributed by atoms with E-state index in [2.05, 4.69) is 57.8 Å². The molecule has 0 saturated heterocycles. The number of hydrogen-bond donors (Lipinski definition) is 1. The van der Waals surface area contributed by atoms with E-state index in [-0.39, 0.29) is 11.6 Å². The minimum atomic E-state index is -0.104. The van der Waals surface area contributed by atoms with E-state index in [9.17, 15) is 0 Å². The van der Waals surface area contributed by atoms with Crippen LogP contribution in [-0.4, -0.2) is 30.6 Å². The summed E-state index contributed by atoms with van der Waals surface area (Å²) in [6.07, 6.45) is 2.17. The average molecular weight is 290 g/mol. The average Bonchev–Trinajstić information content (AvgIpc) is 2.74. The van der Waals surface area contributed by atoms with Crippen molar-refractivity contribution in [2.45, 2.75) is 52.2 Å². The molecule has 0 aliphatic carbocycles. The number of likely N-dealkylation sites (N-methyl/N-ethyl adjacent to an activating group) is 1. The molecule has 2 rings (SSSR count). The van der Waals surface area contributed by atoms with Gasteiger partial charge in [-0.3, -0.25) is 4.90 Å². The molecule has 3 heteroatoms. The standard InChI is InChI=1S/C18H30N2O/c1-6-13(2)12-20(5)16(11-19)15-9-7-8-14-10-18(3,4)21-17(14)15/h7-9,13,16H,6,10-12,19H2,1-5H3. The van der Waals surface area contributed by atoms with Crippen LogP contribution < -0.4 is 10.5 Å². The summed E-state index contributed by atoms with van der Waals surface area (Å²) in [6.45, 7) is 10.5. The fourth-order valence-electron chi connectivity index (χ4n) is 3.19. The van der Waals surface area contributed by atoms with E-state index in [1.54, 1.807) is 0 Å². The molecule has 118 valence electrons. The Bertz CT molecular complexity index is 484. The Morgan fingerprint density at radius 2 is 2.10 bits per heavy atom. The number of nitrogens with two attached hydrogens (primary N) is 1. The molecule has 1 aromatic rings. The van der Waals surface area contributed by atoms with Crippen LogP contribution in [0.3, 0.4) is 0 Å². The van der Waals surface area contributed by atoms with E-state index in [1.807, 2.05) is 0 Å². The first-order valence-electron chi connectivity index (χ1n) is 8.09. The third-order valence-electron chi connectivity index (χ3n) is 4.53. The molecule has 1 heterocycles. The number of hydrogen-bond acceptors (Lipinski definition) is 3. The third kappa shape index (κ3) is 3.58. The van der Waals surface area contributed by atoms with E-state index >= 15 is 0 Å². The van der Waals surface area contributed by atoms with Crippen LogP contribution in [0.5, 0.6) is 5.75 Å². The molecule has 0 saturated carbocycles. The minimum absolute atomic E-state index is 0.104. The molecule has 0 aromatic heterocycles. The van der Waals surface area contributed by atoms with E-state index < -0.39 is 0 Å². The number of para-hydroxylation sites is 1. The fraction of sp³-hybridized carbons (Fsp3) is 0.667. The molecule has 2 N–H and O–H groups in total. The van der Waals surface area contributed by atoms with E-state index in [4.69, 9.17) is 10.5 Å². The van der Waals surface area contributed by atoms with Crippen LogP contribution in [0.2, 0.25) is 0 Å². The van der Waals surface area contributed by atoms with Crippen LogP contribution in [0.15, 0.2) is 18.2 Å². The van der Waals surface area contributed by atoms with Gasteiger partial charge >= 0.3 is 0 Å². The second kappa shape index (κ2) is 6.37. The molecule has 0 amide bonds. The van der Waals surface area contributed by atoms with Crippen molar-refractivity contribution in [2.75, 3.05) is 20.1 Å². The molecule has 1 aliphatic heterocycles. The van der Waals surface area contributed by atoms with Crippen molar-refractivity contribution in [1.82, 2.24) is 4.90 Å². The van der Waals surface area contributed by atoms with Crippen LogP contribution in [0.1, 0.15) is 51.3 Å². The number of nitrogens with zero attached hydrogens (tertiary/aromatic N) is 1. The summed E-state index contributed by atoms with van der Waals surface area (Å²) in [7, 11) is 2.17. The predicted molar refractivity (Wildman–Crippen MR) is 88.7 cm³/mol. The normalized spacial score (nSPS) is 19.2. The summed E-state index contributed by atoms with van der Waals surface area (Å²) in [6, 6.07) is 6.71. The van der Waals surface area contributed by atoms with Crippen LogP contribution in [0.25, 0.3) is 0 Å². The Morgan fingerprint density at radius 3 is 2.71 bits per heavy atom. The summed E-state index contributed by atoms with van der Waals surface area (Å²) < 4.78 is 6.21. The lowest BCUT2D eigenvalue weighted by atomic mass is 9.97. The minimum Gasteiger partial charge on any atom is -0.487 e. The van der Waals surface area contributed by atoms with Crippen molar-refractivity contribution in [3.05, 3.63) is 29.3 Å². The van der Waals surface area contributed by atoms with Gasteiger partial charge in [-0.15, -0.1) is 0 Å². The summed E-state index contributed by atoms with van der Waals surface area (Å²) >= 11 is 0. The maximum Gasteiger partial charge on any atom is 0.128 e. The van der Waals surface area contributed by atoms with Gasteiger partial charge in [-0.25, -0.2) is 0 Å². The van der Waals surface area contributed by atoms with Crippen LogP contribution in [0.4, 0.5) is 0 Å². The van der Waals surface area contributed by atoms with Crippen molar-refractivity contribution in [1.29, 1.82) is 0 Å². The zero-order valence-corrected chi connectivity index (χ0v) is 14.1. The monoisotopic (exact) mass is 290 g/mol. The predicted octanol–water partition coefficient (Wildman–Crippen LogP) is 3.38. The van der Waals surface area contributed by atoms with Gasteiger partial charge in [0.2, 0.25) is 0 Å². The Balaban J connectivity index is 2.26. The van der Waals surface area contributed by atoms with Crippen molar-refractivity contribution < 1.29 is 4.74 Å². The van der Waals surface area contributed by atoms with Crippen molar-refractivity contribution >= 4 is 0 Å². The largest absolute Gasteiger partial charge is 0.487 e. The van der Waals surface area contributed by atoms with Gasteiger partial charge in [0.15, 0.2) is 0 Å². The molecule has 0 spiro atoms. The van der Waals surface area contributed by atoms with Crippen molar-refractivity contribution in [3.63, 3.8) is 0 Å². The first-order valence-corrected chi connectivity index (χ1v) is 8.09. The molecular weight excluding hydrogens is 260 g/mol. The van der Waals surface area contributed by atoms with Gasteiger partial charge in [0.1, 0.15) is 11.4 Å². The van der Waals surface area contributed by atoms with Gasteiger partial charge in [0.05, 0.1) is 6.04 Å². The molecule has 2 atom stereocenters. The van der Waals surface area contributed by atoms with Crippen LogP contribution in [-0.2, 0) is 6.42 Å². The first-order chi connectivity index (χ1) is 9.88. The molecule has 1 aromatic carbocycles. The highest BCUT2D eigenvalue weighted by Crippen LogP contribution is 2.41. The van der Waals surface area contributed by atoms with Crippen LogP contribution >= 0.6 is 0 Å². The van der Waals surface area contributed by atoms with E-state index in [0.717, 1.165) is 18.7 Å². The maximum absolute atomic E-state index is 6.21. The Morgan fingerprint density at radius 1 is 1.38 bits per heavy atom. The second-order valence-electron chi connectivity index (χ2n) is 7.08. The zero-order valence-electron chi connectivity index (χ0n) is 14.1. The lowest BCUT2D eigenvalue weighted by Crippen LogP contribution is -2.34. The van der Waals surface area contributed by atoms with Crippen molar-refractivity contribution in [3.8, 4) is 5.75 Å². The first kappa shape index (κ1) is 16.3. The second-order valence-corrected chi connectivity index (χ2v) is 7.08. The van der Waals surface area contributed by atoms with Gasteiger partial charge < -0.3 is 10.5 Å². The highest BCUT2D eigenvalue weighted by atomic mass is 16.5. The summed E-state index contributed by atoms with van der Waals surface area (Å²) in [5.41, 5.74) is 8.54. The van der Waals surface area contributed by atoms with Gasteiger partial charge in [0.25, 0.3) is 0 Å². The lowest BCUT2D eigenvalue weighted by Gasteiger charge is -2.31. The van der Waals surface area contributed by atoms with E-state index in [0.29, 0.717) is 12.5 Å². The highest BCUT2D eigenvalue weighted by molar-refractivity contribution is 5.47. The van der Waals surface area contributed by atoms with Gasteiger partial charge in [-0.05, 0) is 32.4 Å². The van der Waals surface area contributed by atoms with E-state index in [1.165, 1.54) is 17.5 Å². The van der Waals surface area contributed by atoms with Crippen LogP contribution in [0, 0.1) is 5.92 Å². The molecular formula is C18H30N2O. The van der Waals surface area contributed by atoms with Gasteiger partial charge in [-0.1, -0.05) is 38.5 Å². The number of ether oxygens (including phenoxy) is 1. The molecule has 1 aliphatic rings. The molecule has 3 nitrogen and oxygen atoms in total. The molecule has 0 fully saturated rings. The summed E-state index contributed by atoms with van der Waals surface area (Å²) in [5, 5.41) is 0. The molecule has 0 radical (unpaired) electrons. The summed E-state index contributed by atoms with van der Waals surface area (Å²) in [5.74, 6) is 1.74. The topological polar surface area (TPSA) is 38.5 Å². The molecule has 2 unspecified atom stereocenters. The molecule has 0 bridgehead atoms. The Kier molecular flexibility index (Phi) is 4.95. The van der Waals surface area contributed by atoms with Crippen molar-refractivity contribution in [2.24, 2.45) is 11.7 Å². The third-order valence-corrected chi connectivity index (χ3v) is 4.53. The number of fused-ring (bicyclic) bond motifs is 1. The SMILES string of the molecule is CCC(C)CN(C)C(CN)c1cccc2c1OC(C)(C)C2. The fourth-order valence-corrected chi connectivity index (χ4v) is 3.19. The lowest BCUT2D eigenvalue weighted by molar-refractivity contribution is 0.132. The van der Waals surface area contributed by atoms with Gasteiger partial charge in [0, 0.05) is 25.1 Å². The van der Waals surface area contributed by atoms with Gasteiger partial charge in [-0.2, -0.15) is 0 Å². The maximum atomic E-state index is 6.21. The summed E-state index contributed by atoms with van der Waals surface area (Å²) in [4.78, 5) is 2.37. The zero-order chi connectivity index (χ0) is 15.6. The smallest absolute Gasteiger partial charge is 0.128 e. The Labute approximate surface area is 129 Å². The quantitative estimate of drug-likeness (QED) is 0.873. The molecule has 21 heavy (non-hydrogen) atoms. The number of benzene rings is 1. The highest BCUT2D eigenvalue weighted by Gasteiger charge is 2.33. The Hall–Kier alpha value is -1.06. The number of rotatable bonds is 6.